The van der Waals surface area contributed by atoms with E-state index in [4.69, 9.17) is 11.6 Å². The van der Waals surface area contributed by atoms with Gasteiger partial charge in [0.1, 0.15) is 23.0 Å². The average Bonchev–Trinajstić information content (AvgIpc) is 2.82. The normalized spacial score (nSPS) is 25.2. The summed E-state index contributed by atoms with van der Waals surface area (Å²) in [7, 11) is 0. The van der Waals surface area contributed by atoms with E-state index < -0.39 is 28.4 Å². The van der Waals surface area contributed by atoms with Crippen LogP contribution < -0.4 is 0 Å². The van der Waals surface area contributed by atoms with Gasteiger partial charge in [-0.25, -0.2) is 13.2 Å². The molecule has 6 heteroatoms. The molecular weight excluding hydrogens is 491 g/mol. The lowest BCUT2D eigenvalue weighted by Crippen LogP contribution is -2.26. The molecule has 0 unspecified atom stereocenters. The molecule has 0 spiro atoms. The van der Waals surface area contributed by atoms with Crippen LogP contribution in [-0.4, -0.2) is 0 Å². The van der Waals surface area contributed by atoms with E-state index in [-0.39, 0.29) is 11.1 Å². The maximum absolute atomic E-state index is 14.8. The van der Waals surface area contributed by atoms with Gasteiger partial charge in [-0.15, -0.1) is 0 Å². The Morgan fingerprint density at radius 3 is 1.75 bits per heavy atom. The van der Waals surface area contributed by atoms with E-state index in [9.17, 15) is 22.0 Å². The van der Waals surface area contributed by atoms with Gasteiger partial charge in [0.25, 0.3) is 0 Å². The summed E-state index contributed by atoms with van der Waals surface area (Å²) in [4.78, 5) is 0. The zero-order chi connectivity index (χ0) is 25.9. The van der Waals surface area contributed by atoms with Crippen LogP contribution in [-0.2, 0) is 11.8 Å². The molecule has 198 valence electrons. The first-order valence-corrected chi connectivity index (χ1v) is 13.9. The van der Waals surface area contributed by atoms with Gasteiger partial charge in [-0.3, -0.25) is 0 Å². The lowest BCUT2D eigenvalue weighted by Gasteiger charge is -2.38. The highest BCUT2D eigenvalue weighted by Crippen LogP contribution is 2.43. The highest BCUT2D eigenvalue weighted by atomic mass is 35.5. The third-order valence-corrected chi connectivity index (χ3v) is 8.85. The summed E-state index contributed by atoms with van der Waals surface area (Å²) < 4.78 is 69.5. The monoisotopic (exact) mass is 526 g/mol. The molecule has 0 N–H and O–H groups in total. The van der Waals surface area contributed by atoms with E-state index in [2.05, 4.69) is 6.92 Å². The van der Waals surface area contributed by atoms with Gasteiger partial charge in [0.15, 0.2) is 0 Å². The first kappa shape index (κ1) is 27.4. The fraction of sp³-hybridized carbons (Fsp3) is 0.600. The Hall–Kier alpha value is -1.62. The maximum Gasteiger partial charge on any atom is 0.353 e. The first-order chi connectivity index (χ1) is 17.2. The van der Waals surface area contributed by atoms with E-state index in [0.717, 1.165) is 36.2 Å². The molecule has 36 heavy (non-hydrogen) atoms. The van der Waals surface area contributed by atoms with Crippen molar-refractivity contribution in [3.63, 3.8) is 0 Å². The molecule has 0 saturated heterocycles. The molecule has 0 atom stereocenters. The molecule has 4 rings (SSSR count). The molecule has 2 aromatic carbocycles. The highest BCUT2D eigenvalue weighted by Gasteiger charge is 2.36. The minimum Gasteiger partial charge on any atom is -0.206 e. The lowest BCUT2D eigenvalue weighted by molar-refractivity contribution is 0.0859. The van der Waals surface area contributed by atoms with Gasteiger partial charge in [0, 0.05) is 5.56 Å². The maximum atomic E-state index is 14.8. The number of alkyl halides is 3. The molecule has 2 aliphatic rings. The third kappa shape index (κ3) is 6.62. The van der Waals surface area contributed by atoms with Crippen LogP contribution in [0.4, 0.5) is 22.0 Å². The average molecular weight is 527 g/mol. The second-order valence-corrected chi connectivity index (χ2v) is 11.5. The van der Waals surface area contributed by atoms with Gasteiger partial charge in [0.05, 0.1) is 0 Å². The standard InChI is InChI=1S/C30H36ClF5/c1-2-3-19-6-11-22(12-7-19)23-13-8-20(9-14-23)4-5-21-10-15-25(26(32)16-21)24-17-27(33)29(28(34)18-24)30(31,35)36/h10,15-20,22-23H,2-9,11-14H2,1H3. The zero-order valence-electron chi connectivity index (χ0n) is 20.9. The van der Waals surface area contributed by atoms with E-state index in [0.29, 0.717) is 18.1 Å². The highest BCUT2D eigenvalue weighted by molar-refractivity contribution is 6.21. The largest absolute Gasteiger partial charge is 0.353 e. The van der Waals surface area contributed by atoms with Gasteiger partial charge in [-0.2, -0.15) is 8.78 Å². The summed E-state index contributed by atoms with van der Waals surface area (Å²) in [5.41, 5.74) is -0.864. The Morgan fingerprint density at radius 2 is 1.28 bits per heavy atom. The van der Waals surface area contributed by atoms with Crippen molar-refractivity contribution in [3.05, 3.63) is 58.9 Å². The van der Waals surface area contributed by atoms with E-state index in [1.165, 1.54) is 76.3 Å². The van der Waals surface area contributed by atoms with Crippen molar-refractivity contribution in [2.75, 3.05) is 0 Å². The van der Waals surface area contributed by atoms with Crippen molar-refractivity contribution in [3.8, 4) is 11.1 Å². The Morgan fingerprint density at radius 1 is 0.750 bits per heavy atom. The zero-order valence-corrected chi connectivity index (χ0v) is 21.7. The fourth-order valence-corrected chi connectivity index (χ4v) is 6.80. The lowest BCUT2D eigenvalue weighted by atomic mass is 9.68. The number of aryl methyl sites for hydroxylation is 1. The molecule has 2 aromatic rings. The van der Waals surface area contributed by atoms with E-state index in [1.54, 1.807) is 6.07 Å². The Bertz CT molecular complexity index is 991. The quantitative estimate of drug-likeness (QED) is 0.237. The molecule has 2 aliphatic carbocycles. The van der Waals surface area contributed by atoms with Crippen molar-refractivity contribution in [2.45, 2.75) is 89.4 Å². The van der Waals surface area contributed by atoms with Crippen LogP contribution in [0.3, 0.4) is 0 Å². The van der Waals surface area contributed by atoms with Crippen molar-refractivity contribution >= 4 is 11.6 Å². The summed E-state index contributed by atoms with van der Waals surface area (Å²) in [6.45, 7) is 2.28. The summed E-state index contributed by atoms with van der Waals surface area (Å²) in [6, 6.07) is 5.99. The molecule has 0 nitrogen and oxygen atoms in total. The van der Waals surface area contributed by atoms with Crippen LogP contribution in [0.2, 0.25) is 0 Å². The summed E-state index contributed by atoms with van der Waals surface area (Å²) in [5.74, 6) is -0.266. The molecule has 0 aromatic heterocycles. The van der Waals surface area contributed by atoms with Gasteiger partial charge < -0.3 is 0 Å². The number of rotatable bonds is 8. The Labute approximate surface area is 216 Å². The SMILES string of the molecule is CCCC1CCC(C2CCC(CCc3ccc(-c4cc(F)c(C(F)(F)Cl)c(F)c4)c(F)c3)CC2)CC1. The number of hydrogen-bond acceptors (Lipinski definition) is 0. The van der Waals surface area contributed by atoms with Crippen LogP contribution in [0.15, 0.2) is 30.3 Å². The molecule has 0 amide bonds. The fourth-order valence-electron chi connectivity index (χ4n) is 6.62. The molecule has 2 fully saturated rings. The molecular formula is C30H36ClF5. The molecule has 2 saturated carbocycles. The minimum absolute atomic E-state index is 0.0323. The van der Waals surface area contributed by atoms with E-state index in [1.807, 2.05) is 0 Å². The number of hydrogen-bond donors (Lipinski definition) is 0. The molecule has 0 bridgehead atoms. The second-order valence-electron chi connectivity index (χ2n) is 11.0. The van der Waals surface area contributed by atoms with E-state index >= 15 is 0 Å². The molecule has 0 aliphatic heterocycles. The minimum atomic E-state index is -4.18. The number of benzene rings is 2. The van der Waals surface area contributed by atoms with Gasteiger partial charge in [-0.05, 0) is 103 Å². The smallest absolute Gasteiger partial charge is 0.206 e. The predicted molar refractivity (Wildman–Crippen MR) is 136 cm³/mol. The van der Waals surface area contributed by atoms with Crippen LogP contribution >= 0.6 is 11.6 Å². The number of halogens is 6. The van der Waals surface area contributed by atoms with Gasteiger partial charge >= 0.3 is 5.38 Å². The van der Waals surface area contributed by atoms with Crippen molar-refractivity contribution < 1.29 is 22.0 Å². The second kappa shape index (κ2) is 11.8. The summed E-state index contributed by atoms with van der Waals surface area (Å²) in [5, 5.41) is -4.18. The van der Waals surface area contributed by atoms with Crippen LogP contribution in [0.25, 0.3) is 11.1 Å². The molecule has 0 heterocycles. The van der Waals surface area contributed by atoms with Gasteiger partial charge in [0.2, 0.25) is 0 Å². The topological polar surface area (TPSA) is 0 Å². The first-order valence-electron chi connectivity index (χ1n) is 13.5. The van der Waals surface area contributed by atoms with Gasteiger partial charge in [-0.1, -0.05) is 57.6 Å². The third-order valence-electron chi connectivity index (χ3n) is 8.66. The summed E-state index contributed by atoms with van der Waals surface area (Å²) in [6.07, 6.45) is 15.1. The Balaban J connectivity index is 1.30. The predicted octanol–water partition coefficient (Wildman–Crippen LogP) is 10.4. The Kier molecular flexibility index (Phi) is 9.01. The van der Waals surface area contributed by atoms with Crippen molar-refractivity contribution in [1.82, 2.24) is 0 Å². The van der Waals surface area contributed by atoms with Crippen molar-refractivity contribution in [2.24, 2.45) is 23.7 Å². The summed E-state index contributed by atoms with van der Waals surface area (Å²) >= 11 is 4.79. The van der Waals surface area contributed by atoms with Crippen LogP contribution in [0.1, 0.15) is 88.7 Å². The molecule has 0 radical (unpaired) electrons. The van der Waals surface area contributed by atoms with Crippen LogP contribution in [0.5, 0.6) is 0 Å². The van der Waals surface area contributed by atoms with Crippen LogP contribution in [0, 0.1) is 41.1 Å². The van der Waals surface area contributed by atoms with Crippen molar-refractivity contribution in [1.29, 1.82) is 0 Å².